The lowest BCUT2D eigenvalue weighted by Gasteiger charge is -2.57. The first-order valence-electron chi connectivity index (χ1n) is 3.65. The Morgan fingerprint density at radius 1 is 1.30 bits per heavy atom. The first-order chi connectivity index (χ1) is 4.42. The van der Waals surface area contributed by atoms with Crippen LogP contribution >= 0.6 is 0 Å². The lowest BCUT2D eigenvalue weighted by molar-refractivity contribution is -0.122. The number of rotatable bonds is 1. The van der Waals surface area contributed by atoms with Gasteiger partial charge in [0.05, 0.1) is 6.04 Å². The lowest BCUT2D eigenvalue weighted by atomic mass is 9.62. The summed E-state index contributed by atoms with van der Waals surface area (Å²) in [6.07, 6.45) is 0.991. The molecule has 1 aliphatic heterocycles. The van der Waals surface area contributed by atoms with Crippen molar-refractivity contribution in [3.63, 3.8) is 0 Å². The van der Waals surface area contributed by atoms with Crippen molar-refractivity contribution in [2.75, 3.05) is 0 Å². The molecule has 10 heavy (non-hydrogen) atoms. The Balaban J connectivity index is 2.73. The molecule has 1 N–H and O–H groups in total. The highest BCUT2D eigenvalue weighted by molar-refractivity contribution is 5.62. The van der Waals surface area contributed by atoms with E-state index in [9.17, 15) is 4.79 Å². The molecular formula is C8H15NO. The minimum atomic E-state index is 0.0440. The highest BCUT2D eigenvalue weighted by atomic mass is 16.1. The second-order valence-corrected chi connectivity index (χ2v) is 4.10. The van der Waals surface area contributed by atoms with Crippen molar-refractivity contribution in [1.82, 2.24) is 5.32 Å². The van der Waals surface area contributed by atoms with Crippen molar-refractivity contribution in [2.24, 2.45) is 5.41 Å². The molecule has 0 saturated carbocycles. The van der Waals surface area contributed by atoms with Crippen LogP contribution in [0.15, 0.2) is 0 Å². The van der Waals surface area contributed by atoms with Gasteiger partial charge in [0.1, 0.15) is 6.29 Å². The molecular weight excluding hydrogens is 126 g/mol. The summed E-state index contributed by atoms with van der Waals surface area (Å²) in [7, 11) is 0. The third kappa shape index (κ3) is 0.717. The minimum absolute atomic E-state index is 0.0440. The maximum atomic E-state index is 10.4. The SMILES string of the molecule is CC1(C)NC(C=O)C1(C)C. The Hall–Kier alpha value is -0.370. The minimum Gasteiger partial charge on any atom is -0.302 e. The van der Waals surface area contributed by atoms with Crippen molar-refractivity contribution in [2.45, 2.75) is 39.3 Å². The monoisotopic (exact) mass is 141 g/mol. The van der Waals surface area contributed by atoms with Crippen molar-refractivity contribution in [3.8, 4) is 0 Å². The molecule has 0 aromatic heterocycles. The predicted octanol–water partition coefficient (Wildman–Crippen LogP) is 0.962. The van der Waals surface area contributed by atoms with Crippen LogP contribution < -0.4 is 5.32 Å². The third-order valence-corrected chi connectivity index (χ3v) is 3.04. The van der Waals surface area contributed by atoms with E-state index >= 15 is 0 Å². The Kier molecular flexibility index (Phi) is 1.40. The van der Waals surface area contributed by atoms with Crippen LogP contribution in [0.2, 0.25) is 0 Å². The van der Waals surface area contributed by atoms with E-state index in [0.717, 1.165) is 6.29 Å². The predicted molar refractivity (Wildman–Crippen MR) is 40.8 cm³/mol. The van der Waals surface area contributed by atoms with E-state index in [0.29, 0.717) is 0 Å². The van der Waals surface area contributed by atoms with E-state index in [-0.39, 0.29) is 17.0 Å². The van der Waals surface area contributed by atoms with Gasteiger partial charge in [-0.25, -0.2) is 0 Å². The first-order valence-corrected chi connectivity index (χ1v) is 3.65. The quantitative estimate of drug-likeness (QED) is 0.551. The van der Waals surface area contributed by atoms with E-state index in [1.165, 1.54) is 0 Å². The van der Waals surface area contributed by atoms with Crippen LogP contribution in [0, 0.1) is 5.41 Å². The van der Waals surface area contributed by atoms with Gasteiger partial charge in [0.25, 0.3) is 0 Å². The van der Waals surface area contributed by atoms with E-state index in [2.05, 4.69) is 33.0 Å². The molecule has 0 spiro atoms. The number of nitrogens with one attached hydrogen (secondary N) is 1. The maximum absolute atomic E-state index is 10.4. The average Bonchev–Trinajstić information content (AvgIpc) is 1.83. The molecule has 1 aliphatic rings. The average molecular weight is 141 g/mol. The molecule has 58 valence electrons. The van der Waals surface area contributed by atoms with Crippen LogP contribution in [0.3, 0.4) is 0 Å². The number of hydrogen-bond acceptors (Lipinski definition) is 2. The zero-order valence-corrected chi connectivity index (χ0v) is 7.06. The van der Waals surface area contributed by atoms with Crippen molar-refractivity contribution in [1.29, 1.82) is 0 Å². The molecule has 1 rings (SSSR count). The molecule has 0 amide bonds. The van der Waals surface area contributed by atoms with Gasteiger partial charge in [-0.2, -0.15) is 0 Å². The molecule has 0 aromatic rings. The zero-order chi connectivity index (χ0) is 7.99. The van der Waals surface area contributed by atoms with Gasteiger partial charge < -0.3 is 10.1 Å². The summed E-state index contributed by atoms with van der Waals surface area (Å²) in [5, 5.41) is 3.19. The van der Waals surface area contributed by atoms with Gasteiger partial charge in [-0.1, -0.05) is 13.8 Å². The Bertz CT molecular complexity index is 161. The molecule has 2 heteroatoms. The first kappa shape index (κ1) is 7.73. The second-order valence-electron chi connectivity index (χ2n) is 4.10. The van der Waals surface area contributed by atoms with Crippen molar-refractivity contribution >= 4 is 6.29 Å². The molecule has 1 atom stereocenters. The van der Waals surface area contributed by atoms with Crippen LogP contribution in [0.1, 0.15) is 27.7 Å². The number of hydrogen-bond donors (Lipinski definition) is 1. The van der Waals surface area contributed by atoms with Gasteiger partial charge in [0.15, 0.2) is 0 Å². The summed E-state index contributed by atoms with van der Waals surface area (Å²) in [5.41, 5.74) is 0.216. The van der Waals surface area contributed by atoms with Crippen molar-refractivity contribution < 1.29 is 4.79 Å². The van der Waals surface area contributed by atoms with Gasteiger partial charge in [0.2, 0.25) is 0 Å². The Morgan fingerprint density at radius 3 is 1.90 bits per heavy atom. The summed E-state index contributed by atoms with van der Waals surface area (Å²) in [4.78, 5) is 10.4. The van der Waals surface area contributed by atoms with E-state index in [1.807, 2.05) is 0 Å². The molecule has 0 aromatic carbocycles. The summed E-state index contributed by atoms with van der Waals surface area (Å²) < 4.78 is 0. The maximum Gasteiger partial charge on any atom is 0.137 e. The van der Waals surface area contributed by atoms with E-state index < -0.39 is 0 Å². The molecule has 1 fully saturated rings. The van der Waals surface area contributed by atoms with E-state index in [4.69, 9.17) is 0 Å². The molecule has 1 saturated heterocycles. The summed E-state index contributed by atoms with van der Waals surface area (Å²) >= 11 is 0. The van der Waals surface area contributed by atoms with E-state index in [1.54, 1.807) is 0 Å². The molecule has 0 radical (unpaired) electrons. The lowest BCUT2D eigenvalue weighted by Crippen LogP contribution is -2.74. The normalized spacial score (nSPS) is 34.6. The summed E-state index contributed by atoms with van der Waals surface area (Å²) in [6, 6.07) is 0.0440. The van der Waals surface area contributed by atoms with Gasteiger partial charge in [-0.3, -0.25) is 0 Å². The molecule has 0 aliphatic carbocycles. The zero-order valence-electron chi connectivity index (χ0n) is 7.06. The van der Waals surface area contributed by atoms with Gasteiger partial charge >= 0.3 is 0 Å². The van der Waals surface area contributed by atoms with Crippen LogP contribution in [0.4, 0.5) is 0 Å². The topological polar surface area (TPSA) is 29.1 Å². The second kappa shape index (κ2) is 1.82. The molecule has 0 bridgehead atoms. The standard InChI is InChI=1S/C8H15NO/c1-7(2)6(5-10)9-8(7,3)4/h5-6,9H,1-4H3. The molecule has 1 unspecified atom stereocenters. The third-order valence-electron chi connectivity index (χ3n) is 3.04. The fourth-order valence-corrected chi connectivity index (χ4v) is 1.27. The number of carbonyl (C=O) groups is 1. The smallest absolute Gasteiger partial charge is 0.137 e. The van der Waals surface area contributed by atoms with Crippen molar-refractivity contribution in [3.05, 3.63) is 0 Å². The van der Waals surface area contributed by atoms with Gasteiger partial charge in [-0.05, 0) is 13.8 Å². The van der Waals surface area contributed by atoms with Crippen LogP contribution in [0.5, 0.6) is 0 Å². The fraction of sp³-hybridized carbons (Fsp3) is 0.875. The fourth-order valence-electron chi connectivity index (χ4n) is 1.27. The van der Waals surface area contributed by atoms with Gasteiger partial charge in [-0.15, -0.1) is 0 Å². The highest BCUT2D eigenvalue weighted by Crippen LogP contribution is 2.42. The number of carbonyl (C=O) groups excluding carboxylic acids is 1. The molecule has 2 nitrogen and oxygen atoms in total. The highest BCUT2D eigenvalue weighted by Gasteiger charge is 2.53. The Labute approximate surface area is 62.0 Å². The Morgan fingerprint density at radius 2 is 1.80 bits per heavy atom. The summed E-state index contributed by atoms with van der Waals surface area (Å²) in [6.45, 7) is 8.46. The summed E-state index contributed by atoms with van der Waals surface area (Å²) in [5.74, 6) is 0. The van der Waals surface area contributed by atoms with Crippen LogP contribution in [-0.4, -0.2) is 17.9 Å². The number of aldehydes is 1. The van der Waals surface area contributed by atoms with Crippen LogP contribution in [0.25, 0.3) is 0 Å². The van der Waals surface area contributed by atoms with Gasteiger partial charge in [0, 0.05) is 11.0 Å². The largest absolute Gasteiger partial charge is 0.302 e. The molecule has 1 heterocycles. The van der Waals surface area contributed by atoms with Crippen LogP contribution in [-0.2, 0) is 4.79 Å².